The molecule has 0 aromatic carbocycles. The summed E-state index contributed by atoms with van der Waals surface area (Å²) in [5.41, 5.74) is 1.71. The van der Waals surface area contributed by atoms with Gasteiger partial charge in [0.05, 0.1) is 12.5 Å². The van der Waals surface area contributed by atoms with Crippen molar-refractivity contribution in [3.63, 3.8) is 0 Å². The van der Waals surface area contributed by atoms with Gasteiger partial charge in [0.2, 0.25) is 5.13 Å². The third-order valence-electron chi connectivity index (χ3n) is 2.66. The number of carbonyl (C=O) groups excluding carboxylic acids is 1. The first-order chi connectivity index (χ1) is 7.81. The molecule has 1 aliphatic heterocycles. The van der Waals surface area contributed by atoms with E-state index in [1.165, 1.54) is 11.3 Å². The number of rotatable bonds is 3. The van der Waals surface area contributed by atoms with Crippen LogP contribution in [0.15, 0.2) is 5.51 Å². The summed E-state index contributed by atoms with van der Waals surface area (Å²) in [4.78, 5) is 13.7. The zero-order chi connectivity index (χ0) is 11.4. The van der Waals surface area contributed by atoms with Crippen LogP contribution in [0, 0.1) is 5.92 Å². The number of ether oxygens (including phenoxy) is 1. The maximum atomic E-state index is 11.6. The fourth-order valence-corrected chi connectivity index (χ4v) is 2.51. The molecular weight excluding hydrogens is 226 g/mol. The lowest BCUT2D eigenvalue weighted by Crippen LogP contribution is -2.39. The van der Waals surface area contributed by atoms with Crippen molar-refractivity contribution in [2.45, 2.75) is 19.8 Å². The molecule has 0 radical (unpaired) electrons. The molecule has 0 N–H and O–H groups in total. The van der Waals surface area contributed by atoms with Crippen molar-refractivity contribution >= 4 is 22.4 Å². The molecule has 0 aliphatic carbocycles. The molecule has 1 fully saturated rings. The van der Waals surface area contributed by atoms with E-state index in [1.54, 1.807) is 5.51 Å². The van der Waals surface area contributed by atoms with E-state index in [2.05, 4.69) is 15.1 Å². The smallest absolute Gasteiger partial charge is 0.310 e. The van der Waals surface area contributed by atoms with Gasteiger partial charge in [0.15, 0.2) is 0 Å². The zero-order valence-electron chi connectivity index (χ0n) is 9.26. The van der Waals surface area contributed by atoms with Crippen LogP contribution < -0.4 is 4.90 Å². The molecule has 6 heteroatoms. The normalized spacial score (nSPS) is 20.8. The Bertz CT molecular complexity index is 342. The lowest BCUT2D eigenvalue weighted by molar-refractivity contribution is -0.148. The van der Waals surface area contributed by atoms with Gasteiger partial charge in [-0.1, -0.05) is 11.3 Å². The molecule has 1 aliphatic rings. The summed E-state index contributed by atoms with van der Waals surface area (Å²) in [7, 11) is 0. The molecule has 1 unspecified atom stereocenters. The monoisotopic (exact) mass is 241 g/mol. The molecular formula is C10H15N3O2S. The predicted molar refractivity (Wildman–Crippen MR) is 61.5 cm³/mol. The number of nitrogens with zero attached hydrogens (tertiary/aromatic N) is 3. The van der Waals surface area contributed by atoms with Gasteiger partial charge in [-0.25, -0.2) is 0 Å². The quantitative estimate of drug-likeness (QED) is 0.747. The van der Waals surface area contributed by atoms with E-state index in [-0.39, 0.29) is 11.9 Å². The SMILES string of the molecule is CCOC(=O)C1CCCN(c2nncs2)C1. The Balaban J connectivity index is 1.96. The molecule has 0 bridgehead atoms. The standard InChI is InChI=1S/C10H15N3O2S/c1-2-15-9(14)8-4-3-5-13(6-8)10-12-11-7-16-10/h7-8H,2-6H2,1H3. The van der Waals surface area contributed by atoms with Crippen molar-refractivity contribution in [2.24, 2.45) is 5.92 Å². The molecule has 5 nitrogen and oxygen atoms in total. The van der Waals surface area contributed by atoms with E-state index >= 15 is 0 Å². The topological polar surface area (TPSA) is 55.3 Å². The lowest BCUT2D eigenvalue weighted by Gasteiger charge is -2.30. The summed E-state index contributed by atoms with van der Waals surface area (Å²) >= 11 is 1.51. The molecule has 1 saturated heterocycles. The van der Waals surface area contributed by atoms with Gasteiger partial charge in [-0.05, 0) is 19.8 Å². The van der Waals surface area contributed by atoms with Gasteiger partial charge in [-0.15, -0.1) is 10.2 Å². The molecule has 1 aromatic heterocycles. The third-order valence-corrected chi connectivity index (χ3v) is 3.41. The average Bonchev–Trinajstić information content (AvgIpc) is 2.83. The minimum Gasteiger partial charge on any atom is -0.466 e. The first kappa shape index (κ1) is 11.3. The Morgan fingerprint density at radius 1 is 1.75 bits per heavy atom. The molecule has 16 heavy (non-hydrogen) atoms. The van der Waals surface area contributed by atoms with Crippen molar-refractivity contribution in [2.75, 3.05) is 24.6 Å². The fourth-order valence-electron chi connectivity index (χ4n) is 1.91. The van der Waals surface area contributed by atoms with Crippen molar-refractivity contribution in [3.8, 4) is 0 Å². The number of piperidine rings is 1. The van der Waals surface area contributed by atoms with Crippen molar-refractivity contribution in [1.29, 1.82) is 0 Å². The van der Waals surface area contributed by atoms with Gasteiger partial charge < -0.3 is 9.64 Å². The second-order valence-electron chi connectivity index (χ2n) is 3.76. The zero-order valence-corrected chi connectivity index (χ0v) is 10.1. The van der Waals surface area contributed by atoms with Crippen molar-refractivity contribution < 1.29 is 9.53 Å². The summed E-state index contributed by atoms with van der Waals surface area (Å²) in [5, 5.41) is 8.73. The Labute approximate surface area is 98.4 Å². The van der Waals surface area contributed by atoms with Crippen LogP contribution in [-0.2, 0) is 9.53 Å². The lowest BCUT2D eigenvalue weighted by atomic mass is 9.99. The number of hydrogen-bond donors (Lipinski definition) is 0. The molecule has 0 spiro atoms. The van der Waals surface area contributed by atoms with Gasteiger partial charge in [0.1, 0.15) is 5.51 Å². The Morgan fingerprint density at radius 2 is 2.62 bits per heavy atom. The highest BCUT2D eigenvalue weighted by Gasteiger charge is 2.27. The van der Waals surface area contributed by atoms with Crippen LogP contribution in [-0.4, -0.2) is 35.9 Å². The van der Waals surface area contributed by atoms with Gasteiger partial charge in [-0.3, -0.25) is 4.79 Å². The second kappa shape index (κ2) is 5.25. The first-order valence-corrected chi connectivity index (χ1v) is 6.37. The molecule has 1 atom stereocenters. The second-order valence-corrected chi connectivity index (χ2v) is 4.57. The van der Waals surface area contributed by atoms with Crippen LogP contribution in [0.3, 0.4) is 0 Å². The number of aromatic nitrogens is 2. The van der Waals surface area contributed by atoms with Crippen molar-refractivity contribution in [3.05, 3.63) is 5.51 Å². The van der Waals surface area contributed by atoms with E-state index in [1.807, 2.05) is 6.92 Å². The van der Waals surface area contributed by atoms with Crippen LogP contribution in [0.5, 0.6) is 0 Å². The Morgan fingerprint density at radius 3 is 3.31 bits per heavy atom. The van der Waals surface area contributed by atoms with E-state index in [0.717, 1.165) is 24.5 Å². The third kappa shape index (κ3) is 2.49. The van der Waals surface area contributed by atoms with Crippen LogP contribution in [0.4, 0.5) is 5.13 Å². The maximum absolute atomic E-state index is 11.6. The average molecular weight is 241 g/mol. The van der Waals surface area contributed by atoms with E-state index in [4.69, 9.17) is 4.74 Å². The van der Waals surface area contributed by atoms with Crippen LogP contribution in [0.25, 0.3) is 0 Å². The molecule has 0 saturated carbocycles. The summed E-state index contributed by atoms with van der Waals surface area (Å²) < 4.78 is 5.05. The Kier molecular flexibility index (Phi) is 3.71. The molecule has 0 amide bonds. The van der Waals surface area contributed by atoms with E-state index in [0.29, 0.717) is 13.2 Å². The number of anilines is 1. The Hall–Kier alpha value is -1.17. The molecule has 1 aromatic rings. The van der Waals surface area contributed by atoms with Gasteiger partial charge in [0, 0.05) is 13.1 Å². The fraction of sp³-hybridized carbons (Fsp3) is 0.700. The summed E-state index contributed by atoms with van der Waals surface area (Å²) in [5.74, 6) is -0.102. The number of hydrogen-bond acceptors (Lipinski definition) is 6. The largest absolute Gasteiger partial charge is 0.466 e. The minimum absolute atomic E-state index is 0.0161. The van der Waals surface area contributed by atoms with Gasteiger partial charge in [0.25, 0.3) is 0 Å². The number of esters is 1. The van der Waals surface area contributed by atoms with E-state index in [9.17, 15) is 4.79 Å². The van der Waals surface area contributed by atoms with Crippen molar-refractivity contribution in [1.82, 2.24) is 10.2 Å². The summed E-state index contributed by atoms with van der Waals surface area (Å²) in [6.07, 6.45) is 1.91. The van der Waals surface area contributed by atoms with E-state index < -0.39 is 0 Å². The molecule has 2 heterocycles. The molecule has 2 rings (SSSR count). The highest BCUT2D eigenvalue weighted by molar-refractivity contribution is 7.13. The highest BCUT2D eigenvalue weighted by atomic mass is 32.1. The van der Waals surface area contributed by atoms with Crippen LogP contribution in [0.1, 0.15) is 19.8 Å². The van der Waals surface area contributed by atoms with Crippen LogP contribution in [0.2, 0.25) is 0 Å². The van der Waals surface area contributed by atoms with Gasteiger partial charge >= 0.3 is 5.97 Å². The number of carbonyl (C=O) groups is 1. The highest BCUT2D eigenvalue weighted by Crippen LogP contribution is 2.24. The summed E-state index contributed by atoms with van der Waals surface area (Å²) in [6.45, 7) is 3.94. The van der Waals surface area contributed by atoms with Gasteiger partial charge in [-0.2, -0.15) is 0 Å². The molecule has 88 valence electrons. The predicted octanol–water partition coefficient (Wildman–Crippen LogP) is 1.32. The minimum atomic E-state index is -0.0864. The first-order valence-electron chi connectivity index (χ1n) is 5.49. The summed E-state index contributed by atoms with van der Waals surface area (Å²) in [6, 6.07) is 0. The maximum Gasteiger partial charge on any atom is 0.310 e. The van der Waals surface area contributed by atoms with Crippen LogP contribution >= 0.6 is 11.3 Å².